The molecule has 0 aromatic heterocycles. The highest BCUT2D eigenvalue weighted by atomic mass is 16.6. The van der Waals surface area contributed by atoms with Crippen molar-refractivity contribution >= 4 is 0 Å². The Hall–Kier alpha value is -0.160. The molecule has 1 saturated heterocycles. The van der Waals surface area contributed by atoms with Gasteiger partial charge in [-0.05, 0) is 5.41 Å². The molecule has 1 rings (SSSR count). The van der Waals surface area contributed by atoms with Gasteiger partial charge in [0.1, 0.15) is 18.3 Å². The summed E-state index contributed by atoms with van der Waals surface area (Å²) >= 11 is 0. The van der Waals surface area contributed by atoms with Gasteiger partial charge in [-0.2, -0.15) is 0 Å². The topological polar surface area (TPSA) is 69.9 Å². The molecule has 1 aliphatic rings. The number of aliphatic hydroxyl groups is 3. The van der Waals surface area contributed by atoms with Gasteiger partial charge in [0.25, 0.3) is 0 Å². The van der Waals surface area contributed by atoms with E-state index in [0.717, 1.165) is 0 Å². The molecule has 0 spiro atoms. The highest BCUT2D eigenvalue weighted by Crippen LogP contribution is 2.33. The Labute approximate surface area is 78.1 Å². The molecule has 4 nitrogen and oxygen atoms in total. The van der Waals surface area contributed by atoms with Crippen molar-refractivity contribution in [3.05, 3.63) is 0 Å². The van der Waals surface area contributed by atoms with E-state index in [1.165, 1.54) is 0 Å². The van der Waals surface area contributed by atoms with E-state index in [-0.39, 0.29) is 12.0 Å². The van der Waals surface area contributed by atoms with Gasteiger partial charge in [-0.3, -0.25) is 0 Å². The molecule has 1 aliphatic heterocycles. The van der Waals surface area contributed by atoms with Crippen molar-refractivity contribution in [2.24, 2.45) is 5.41 Å². The number of hydrogen-bond donors (Lipinski definition) is 3. The third-order valence-electron chi connectivity index (χ3n) is 2.40. The zero-order chi connectivity index (χ0) is 10.2. The van der Waals surface area contributed by atoms with Crippen LogP contribution in [0.2, 0.25) is 0 Å². The summed E-state index contributed by atoms with van der Waals surface area (Å²) in [5.74, 6) is 0. The lowest BCUT2D eigenvalue weighted by molar-refractivity contribution is -0.0638. The molecular weight excluding hydrogens is 172 g/mol. The van der Waals surface area contributed by atoms with E-state index in [9.17, 15) is 10.2 Å². The van der Waals surface area contributed by atoms with Crippen molar-refractivity contribution < 1.29 is 20.1 Å². The van der Waals surface area contributed by atoms with Crippen molar-refractivity contribution in [3.8, 4) is 0 Å². The zero-order valence-electron chi connectivity index (χ0n) is 8.27. The van der Waals surface area contributed by atoms with Gasteiger partial charge in [-0.1, -0.05) is 20.8 Å². The number of aliphatic hydroxyl groups excluding tert-OH is 3. The van der Waals surface area contributed by atoms with E-state index < -0.39 is 24.4 Å². The average Bonchev–Trinajstić information content (AvgIpc) is 2.28. The molecular formula is C9H18O4. The Bertz CT molecular complexity index is 175. The Morgan fingerprint density at radius 2 is 1.69 bits per heavy atom. The van der Waals surface area contributed by atoms with Gasteiger partial charge in [-0.25, -0.2) is 0 Å². The Morgan fingerprint density at radius 3 is 1.92 bits per heavy atom. The molecule has 1 heterocycles. The molecule has 0 aliphatic carbocycles. The fourth-order valence-corrected chi connectivity index (χ4v) is 1.62. The fourth-order valence-electron chi connectivity index (χ4n) is 1.62. The summed E-state index contributed by atoms with van der Waals surface area (Å²) in [5.41, 5.74) is -0.232. The molecule has 0 saturated carbocycles. The predicted molar refractivity (Wildman–Crippen MR) is 47.2 cm³/mol. The molecule has 78 valence electrons. The molecule has 4 heteroatoms. The summed E-state index contributed by atoms with van der Waals surface area (Å²) in [6.07, 6.45) is -2.95. The van der Waals surface area contributed by atoms with Gasteiger partial charge in [0.05, 0.1) is 12.7 Å². The minimum Gasteiger partial charge on any atom is -0.394 e. The predicted octanol–water partition coefficient (Wildman–Crippen LogP) is -0.486. The Morgan fingerprint density at radius 1 is 1.15 bits per heavy atom. The summed E-state index contributed by atoms with van der Waals surface area (Å²) in [7, 11) is 0. The molecule has 4 atom stereocenters. The molecule has 0 radical (unpaired) electrons. The molecule has 0 bridgehead atoms. The van der Waals surface area contributed by atoms with Gasteiger partial charge < -0.3 is 20.1 Å². The minimum absolute atomic E-state index is 0.232. The van der Waals surface area contributed by atoms with Crippen LogP contribution in [0.1, 0.15) is 20.8 Å². The van der Waals surface area contributed by atoms with Crippen molar-refractivity contribution in [3.63, 3.8) is 0 Å². The van der Waals surface area contributed by atoms with Crippen LogP contribution in [0.5, 0.6) is 0 Å². The lowest BCUT2D eigenvalue weighted by Gasteiger charge is -2.28. The summed E-state index contributed by atoms with van der Waals surface area (Å²) in [4.78, 5) is 0. The smallest absolute Gasteiger partial charge is 0.111 e. The quantitative estimate of drug-likeness (QED) is 0.522. The van der Waals surface area contributed by atoms with Crippen molar-refractivity contribution in [2.45, 2.75) is 45.2 Å². The van der Waals surface area contributed by atoms with Gasteiger partial charge in [0.15, 0.2) is 0 Å². The van der Waals surface area contributed by atoms with E-state index >= 15 is 0 Å². The lowest BCUT2D eigenvalue weighted by Crippen LogP contribution is -2.39. The van der Waals surface area contributed by atoms with E-state index in [1.54, 1.807) is 0 Å². The van der Waals surface area contributed by atoms with E-state index in [4.69, 9.17) is 9.84 Å². The minimum atomic E-state index is -0.978. The summed E-state index contributed by atoms with van der Waals surface area (Å²) in [5, 5.41) is 27.9. The van der Waals surface area contributed by atoms with Crippen LogP contribution in [0, 0.1) is 5.41 Å². The normalized spacial score (nSPS) is 41.1. The number of hydrogen-bond acceptors (Lipinski definition) is 4. The van der Waals surface area contributed by atoms with E-state index in [0.29, 0.717) is 0 Å². The molecule has 1 unspecified atom stereocenters. The second kappa shape index (κ2) is 3.53. The van der Waals surface area contributed by atoms with Crippen LogP contribution < -0.4 is 0 Å². The first-order chi connectivity index (χ1) is 5.88. The van der Waals surface area contributed by atoms with Crippen LogP contribution in [0.3, 0.4) is 0 Å². The number of ether oxygens (including phenoxy) is 1. The van der Waals surface area contributed by atoms with Gasteiger partial charge in [0, 0.05) is 0 Å². The summed E-state index contributed by atoms with van der Waals surface area (Å²) < 4.78 is 5.35. The largest absolute Gasteiger partial charge is 0.394 e. The first-order valence-electron chi connectivity index (χ1n) is 4.50. The third-order valence-corrected chi connectivity index (χ3v) is 2.40. The fraction of sp³-hybridized carbons (Fsp3) is 1.00. The van der Waals surface area contributed by atoms with Crippen LogP contribution in [0.25, 0.3) is 0 Å². The Kier molecular flexibility index (Phi) is 2.97. The zero-order valence-corrected chi connectivity index (χ0v) is 8.27. The number of rotatable bonds is 1. The maximum Gasteiger partial charge on any atom is 0.111 e. The summed E-state index contributed by atoms with van der Waals surface area (Å²) in [6.45, 7) is 5.51. The highest BCUT2D eigenvalue weighted by molar-refractivity contribution is 4.95. The SMILES string of the molecule is CC(C)(C)[C@H]1O[C@H](CO)[C@H](O)C1O. The van der Waals surface area contributed by atoms with E-state index in [1.807, 2.05) is 20.8 Å². The first-order valence-corrected chi connectivity index (χ1v) is 4.50. The second-order valence-corrected chi connectivity index (χ2v) is 4.62. The monoisotopic (exact) mass is 190 g/mol. The van der Waals surface area contributed by atoms with Crippen LogP contribution in [0.4, 0.5) is 0 Å². The molecule has 13 heavy (non-hydrogen) atoms. The molecule has 1 fully saturated rings. The van der Waals surface area contributed by atoms with Gasteiger partial charge >= 0.3 is 0 Å². The third kappa shape index (κ3) is 2.02. The van der Waals surface area contributed by atoms with Crippen LogP contribution in [-0.2, 0) is 4.74 Å². The van der Waals surface area contributed by atoms with Gasteiger partial charge in [-0.15, -0.1) is 0 Å². The van der Waals surface area contributed by atoms with Crippen LogP contribution in [-0.4, -0.2) is 46.3 Å². The second-order valence-electron chi connectivity index (χ2n) is 4.62. The first kappa shape index (κ1) is 10.9. The molecule has 0 aromatic carbocycles. The van der Waals surface area contributed by atoms with Crippen LogP contribution >= 0.6 is 0 Å². The molecule has 0 amide bonds. The highest BCUT2D eigenvalue weighted by Gasteiger charge is 2.47. The van der Waals surface area contributed by atoms with Gasteiger partial charge in [0.2, 0.25) is 0 Å². The maximum absolute atomic E-state index is 9.61. The average molecular weight is 190 g/mol. The Balaban J connectivity index is 2.71. The standard InChI is InChI=1S/C9H18O4/c1-9(2,3)8-7(12)6(11)5(4-10)13-8/h5-8,10-12H,4H2,1-3H3/t5-,6+,7?,8+/m1/s1. The van der Waals surface area contributed by atoms with E-state index in [2.05, 4.69) is 0 Å². The van der Waals surface area contributed by atoms with Crippen molar-refractivity contribution in [2.75, 3.05) is 6.61 Å². The molecule has 3 N–H and O–H groups in total. The molecule has 0 aromatic rings. The summed E-state index contributed by atoms with van der Waals surface area (Å²) in [6, 6.07) is 0. The van der Waals surface area contributed by atoms with Crippen molar-refractivity contribution in [1.29, 1.82) is 0 Å². The maximum atomic E-state index is 9.61. The lowest BCUT2D eigenvalue weighted by atomic mass is 9.85. The van der Waals surface area contributed by atoms with Crippen molar-refractivity contribution in [1.82, 2.24) is 0 Å². The van der Waals surface area contributed by atoms with Crippen LogP contribution in [0.15, 0.2) is 0 Å².